The van der Waals surface area contributed by atoms with Crippen LogP contribution in [0.1, 0.15) is 61.4 Å². The van der Waals surface area contributed by atoms with Gasteiger partial charge in [-0.1, -0.05) is 81.1 Å². The van der Waals surface area contributed by atoms with Crippen LogP contribution in [0.2, 0.25) is 0 Å². The Morgan fingerprint density at radius 1 is 0.833 bits per heavy atom. The first-order valence-corrected chi connectivity index (χ1v) is 10.7. The molecule has 3 rings (SSSR count). The Labute approximate surface area is 178 Å². The second-order valence-corrected chi connectivity index (χ2v) is 7.43. The molecule has 30 heavy (non-hydrogen) atoms. The van der Waals surface area contributed by atoms with Crippen molar-refractivity contribution in [3.63, 3.8) is 0 Å². The van der Waals surface area contributed by atoms with E-state index in [9.17, 15) is 9.59 Å². The molecule has 0 unspecified atom stereocenters. The van der Waals surface area contributed by atoms with Gasteiger partial charge in [0.15, 0.2) is 5.78 Å². The second kappa shape index (κ2) is 11.1. The zero-order valence-corrected chi connectivity index (χ0v) is 17.5. The molecule has 0 saturated heterocycles. The second-order valence-electron chi connectivity index (χ2n) is 7.43. The van der Waals surface area contributed by atoms with Gasteiger partial charge in [-0.3, -0.25) is 9.59 Å². The lowest BCUT2D eigenvalue weighted by Gasteiger charge is -2.05. The number of carbonyl (C=O) groups excluding carboxylic acids is 2. The monoisotopic (exact) mass is 400 g/mol. The van der Waals surface area contributed by atoms with Crippen LogP contribution < -0.4 is 4.74 Å². The number of carbonyl (C=O) groups is 2. The predicted molar refractivity (Wildman–Crippen MR) is 123 cm³/mol. The van der Waals surface area contributed by atoms with Crippen molar-refractivity contribution in [2.45, 2.75) is 45.4 Å². The molecular weight excluding hydrogens is 372 g/mol. The molecule has 0 atom stereocenters. The molecule has 0 bridgehead atoms. The maximum atomic E-state index is 12.5. The minimum Gasteiger partial charge on any atom is -0.427 e. The van der Waals surface area contributed by atoms with Crippen molar-refractivity contribution in [3.05, 3.63) is 83.9 Å². The summed E-state index contributed by atoms with van der Waals surface area (Å²) in [5.41, 5.74) is 1.57. The van der Waals surface area contributed by atoms with Gasteiger partial charge in [-0.15, -0.1) is 0 Å². The number of hydrogen-bond donors (Lipinski definition) is 0. The summed E-state index contributed by atoms with van der Waals surface area (Å²) in [6.07, 6.45) is 9.32. The Morgan fingerprint density at radius 3 is 2.37 bits per heavy atom. The maximum Gasteiger partial charge on any atom is 0.311 e. The van der Waals surface area contributed by atoms with E-state index in [1.807, 2.05) is 36.4 Å². The van der Waals surface area contributed by atoms with Crippen LogP contribution in [0, 0.1) is 0 Å². The van der Waals surface area contributed by atoms with Crippen LogP contribution in [0.5, 0.6) is 5.75 Å². The Kier molecular flexibility index (Phi) is 7.96. The summed E-state index contributed by atoms with van der Waals surface area (Å²) in [6, 6.07) is 20.9. The summed E-state index contributed by atoms with van der Waals surface area (Å²) in [5.74, 6) is 0.168. The van der Waals surface area contributed by atoms with E-state index in [-0.39, 0.29) is 11.8 Å². The van der Waals surface area contributed by atoms with E-state index in [0.29, 0.717) is 17.7 Å². The fourth-order valence-electron chi connectivity index (χ4n) is 3.40. The molecule has 0 saturated carbocycles. The molecule has 0 heterocycles. The molecule has 0 N–H and O–H groups in total. The van der Waals surface area contributed by atoms with Crippen molar-refractivity contribution < 1.29 is 14.3 Å². The maximum absolute atomic E-state index is 12.5. The summed E-state index contributed by atoms with van der Waals surface area (Å²) >= 11 is 0. The summed E-state index contributed by atoms with van der Waals surface area (Å²) in [4.78, 5) is 24.5. The quantitative estimate of drug-likeness (QED) is 0.121. The smallest absolute Gasteiger partial charge is 0.311 e. The van der Waals surface area contributed by atoms with Crippen LogP contribution >= 0.6 is 0 Å². The van der Waals surface area contributed by atoms with Crippen molar-refractivity contribution in [1.29, 1.82) is 0 Å². The molecular formula is C27H28O3. The van der Waals surface area contributed by atoms with Crippen molar-refractivity contribution in [3.8, 4) is 5.75 Å². The zero-order valence-electron chi connectivity index (χ0n) is 17.5. The molecule has 0 spiro atoms. The Hall–Kier alpha value is -3.20. The van der Waals surface area contributed by atoms with E-state index in [0.717, 1.165) is 35.6 Å². The first-order valence-electron chi connectivity index (χ1n) is 10.7. The van der Waals surface area contributed by atoms with E-state index in [1.54, 1.807) is 30.3 Å². The van der Waals surface area contributed by atoms with Gasteiger partial charge in [-0.2, -0.15) is 0 Å². The molecule has 3 heteroatoms. The lowest BCUT2D eigenvalue weighted by molar-refractivity contribution is -0.134. The molecule has 0 fully saturated rings. The summed E-state index contributed by atoms with van der Waals surface area (Å²) < 4.78 is 5.36. The lowest BCUT2D eigenvalue weighted by atomic mass is 10.0. The molecule has 3 aromatic carbocycles. The average molecular weight is 401 g/mol. The number of fused-ring (bicyclic) bond motifs is 1. The largest absolute Gasteiger partial charge is 0.427 e. The third-order valence-corrected chi connectivity index (χ3v) is 5.09. The number of hydrogen-bond acceptors (Lipinski definition) is 3. The van der Waals surface area contributed by atoms with Crippen LogP contribution in [0.3, 0.4) is 0 Å². The molecule has 0 radical (unpaired) electrons. The van der Waals surface area contributed by atoms with Crippen LogP contribution in [0.25, 0.3) is 16.8 Å². The van der Waals surface area contributed by atoms with E-state index < -0.39 is 0 Å². The first kappa shape index (κ1) is 21.5. The van der Waals surface area contributed by atoms with Crippen LogP contribution in [0.15, 0.2) is 72.8 Å². The topological polar surface area (TPSA) is 43.4 Å². The van der Waals surface area contributed by atoms with Gasteiger partial charge >= 0.3 is 5.97 Å². The van der Waals surface area contributed by atoms with Crippen molar-refractivity contribution in [2.24, 2.45) is 0 Å². The number of allylic oxidation sites excluding steroid dienone is 1. The molecule has 0 aliphatic heterocycles. The molecule has 0 amide bonds. The highest BCUT2D eigenvalue weighted by atomic mass is 16.5. The number of ether oxygens (including phenoxy) is 1. The SMILES string of the molecule is CCCCCCCC(=O)Oc1ccc(C(=O)/C=C/c2cccc3ccccc23)cc1. The number of unbranched alkanes of at least 4 members (excludes halogenated alkanes) is 4. The summed E-state index contributed by atoms with van der Waals surface area (Å²) in [6.45, 7) is 2.17. The Morgan fingerprint density at radius 2 is 1.57 bits per heavy atom. The molecule has 154 valence electrons. The van der Waals surface area contributed by atoms with Gasteiger partial charge in [-0.05, 0) is 53.1 Å². The van der Waals surface area contributed by atoms with Crippen LogP contribution in [-0.4, -0.2) is 11.8 Å². The summed E-state index contributed by atoms with van der Waals surface area (Å²) in [7, 11) is 0. The molecule has 0 aliphatic rings. The van der Waals surface area contributed by atoms with Gasteiger partial charge in [0.2, 0.25) is 0 Å². The van der Waals surface area contributed by atoms with E-state index in [4.69, 9.17) is 4.74 Å². The van der Waals surface area contributed by atoms with Gasteiger partial charge < -0.3 is 4.74 Å². The zero-order chi connectivity index (χ0) is 21.2. The average Bonchev–Trinajstić information content (AvgIpc) is 2.78. The standard InChI is InChI=1S/C27H28O3/c1-2-3-4-5-6-14-27(29)30-24-18-15-23(16-19-24)26(28)20-17-22-12-9-11-21-10-7-8-13-25(21)22/h7-13,15-20H,2-6,14H2,1H3/b20-17+. The Balaban J connectivity index is 1.56. The molecule has 3 aromatic rings. The third kappa shape index (κ3) is 6.15. The van der Waals surface area contributed by atoms with Crippen LogP contribution in [-0.2, 0) is 4.79 Å². The van der Waals surface area contributed by atoms with Gasteiger partial charge in [-0.25, -0.2) is 0 Å². The normalized spacial score (nSPS) is 11.1. The van der Waals surface area contributed by atoms with Crippen molar-refractivity contribution >= 4 is 28.6 Å². The highest BCUT2D eigenvalue weighted by molar-refractivity contribution is 6.07. The molecule has 3 nitrogen and oxygen atoms in total. The van der Waals surface area contributed by atoms with Crippen LogP contribution in [0.4, 0.5) is 0 Å². The lowest BCUT2D eigenvalue weighted by Crippen LogP contribution is -2.07. The minimum absolute atomic E-state index is 0.0864. The van der Waals surface area contributed by atoms with E-state index in [1.165, 1.54) is 12.8 Å². The third-order valence-electron chi connectivity index (χ3n) is 5.09. The number of esters is 1. The van der Waals surface area contributed by atoms with Gasteiger partial charge in [0.25, 0.3) is 0 Å². The van der Waals surface area contributed by atoms with Crippen molar-refractivity contribution in [1.82, 2.24) is 0 Å². The van der Waals surface area contributed by atoms with E-state index in [2.05, 4.69) is 19.1 Å². The van der Waals surface area contributed by atoms with Gasteiger partial charge in [0, 0.05) is 12.0 Å². The molecule has 0 aliphatic carbocycles. The van der Waals surface area contributed by atoms with E-state index >= 15 is 0 Å². The summed E-state index contributed by atoms with van der Waals surface area (Å²) in [5, 5.41) is 2.25. The number of ketones is 1. The highest BCUT2D eigenvalue weighted by Crippen LogP contribution is 2.20. The molecule has 0 aromatic heterocycles. The fraction of sp³-hybridized carbons (Fsp3) is 0.259. The predicted octanol–water partition coefficient (Wildman–Crippen LogP) is 7.00. The number of rotatable bonds is 10. The minimum atomic E-state index is -0.221. The fourth-order valence-corrected chi connectivity index (χ4v) is 3.40. The van der Waals surface area contributed by atoms with Crippen molar-refractivity contribution in [2.75, 3.05) is 0 Å². The van der Waals surface area contributed by atoms with Gasteiger partial charge in [0.05, 0.1) is 0 Å². The highest BCUT2D eigenvalue weighted by Gasteiger charge is 2.07. The van der Waals surface area contributed by atoms with Gasteiger partial charge in [0.1, 0.15) is 5.75 Å². The number of benzene rings is 3. The first-order chi connectivity index (χ1) is 14.7. The Bertz CT molecular complexity index is 1010.